The Hall–Kier alpha value is -3.50. The summed E-state index contributed by atoms with van der Waals surface area (Å²) in [5.74, 6) is -0.369. The predicted octanol–water partition coefficient (Wildman–Crippen LogP) is 5.59. The van der Waals surface area contributed by atoms with E-state index in [1.807, 2.05) is 58.0 Å². The Balaban J connectivity index is 1.52. The minimum Gasteiger partial charge on any atom is -0.444 e. The molecule has 2 aromatic carbocycles. The minimum atomic E-state index is -0.945. The maximum Gasteiger partial charge on any atom is 0.410 e. The van der Waals surface area contributed by atoms with Crippen molar-refractivity contribution < 1.29 is 23.9 Å². The molecule has 4 rings (SSSR count). The Morgan fingerprint density at radius 3 is 2.38 bits per heavy atom. The lowest BCUT2D eigenvalue weighted by Gasteiger charge is -2.43. The molecule has 47 heavy (non-hydrogen) atoms. The number of amides is 5. The van der Waals surface area contributed by atoms with Crippen LogP contribution in [0.1, 0.15) is 64.5 Å². The van der Waals surface area contributed by atoms with Crippen molar-refractivity contribution in [2.24, 2.45) is 5.41 Å². The molecule has 0 spiro atoms. The molecule has 3 atom stereocenters. The van der Waals surface area contributed by atoms with E-state index in [9.17, 15) is 19.2 Å². The fraction of sp³-hybridized carbons (Fsp3) is 0.543. The Bertz CT molecular complexity index is 1420. The highest BCUT2D eigenvalue weighted by Gasteiger charge is 2.44. The van der Waals surface area contributed by atoms with Gasteiger partial charge in [-0.25, -0.2) is 9.59 Å². The van der Waals surface area contributed by atoms with Gasteiger partial charge in [-0.1, -0.05) is 59.6 Å². The number of likely N-dealkylation sites (tertiary alicyclic amines) is 2. The average molecular weight is 689 g/mol. The normalized spacial score (nSPS) is 20.6. The van der Waals surface area contributed by atoms with E-state index in [-0.39, 0.29) is 30.8 Å². The first-order valence-electron chi connectivity index (χ1n) is 16.4. The fourth-order valence-electron chi connectivity index (χ4n) is 6.36. The van der Waals surface area contributed by atoms with Gasteiger partial charge in [-0.2, -0.15) is 0 Å². The lowest BCUT2D eigenvalue weighted by molar-refractivity contribution is -0.142. The number of nitrogens with zero attached hydrogens (tertiary/aromatic N) is 2. The number of benzene rings is 2. The third-order valence-electron chi connectivity index (χ3n) is 8.53. The van der Waals surface area contributed by atoms with Gasteiger partial charge in [-0.3, -0.25) is 9.59 Å². The summed E-state index contributed by atoms with van der Waals surface area (Å²) in [7, 11) is 0. The molecule has 5 amide bonds. The van der Waals surface area contributed by atoms with E-state index in [4.69, 9.17) is 27.9 Å². The molecule has 2 fully saturated rings. The van der Waals surface area contributed by atoms with Gasteiger partial charge in [0.05, 0.1) is 15.5 Å². The van der Waals surface area contributed by atoms with Gasteiger partial charge in [-0.15, -0.1) is 0 Å². The number of nitrogens with one attached hydrogen (secondary N) is 3. The van der Waals surface area contributed by atoms with E-state index in [2.05, 4.69) is 16.0 Å². The molecule has 0 aromatic heterocycles. The maximum absolute atomic E-state index is 14.3. The quantitative estimate of drug-likeness (QED) is 0.318. The standard InChI is InChI=1S/C35H47Cl2N5O5/c1-5-38-31(44)35(21-24-11-7-6-8-12-24)16-10-18-42(23-35)30(43)29(20-25-14-15-27(36)28(37)19-25)40-32(45)39-26-13-9-17-41(22-26)33(46)47-34(2,3)4/h6-8,11-12,14-15,19,26,29H,5,9-10,13,16-18,20-23H2,1-4H3,(H,38,44)(H2,39,40,45)/t26-,29+,35+/m1/s1. The number of carbonyl (C=O) groups is 4. The zero-order valence-electron chi connectivity index (χ0n) is 27.7. The molecule has 2 aromatic rings. The predicted molar refractivity (Wildman–Crippen MR) is 184 cm³/mol. The number of rotatable bonds is 9. The number of carbonyl (C=O) groups excluding carboxylic acids is 4. The van der Waals surface area contributed by atoms with Crippen LogP contribution in [-0.4, -0.2) is 84.1 Å². The number of halogens is 2. The second-order valence-corrected chi connectivity index (χ2v) is 14.4. The summed E-state index contributed by atoms with van der Waals surface area (Å²) >= 11 is 12.5. The molecule has 2 heterocycles. The number of ether oxygens (including phenoxy) is 1. The van der Waals surface area contributed by atoms with Gasteiger partial charge in [0, 0.05) is 45.2 Å². The van der Waals surface area contributed by atoms with Crippen LogP contribution in [0.2, 0.25) is 10.0 Å². The first kappa shape index (κ1) is 36.3. The summed E-state index contributed by atoms with van der Waals surface area (Å²) in [6, 6.07) is 13.2. The van der Waals surface area contributed by atoms with E-state index < -0.39 is 29.2 Å². The third-order valence-corrected chi connectivity index (χ3v) is 9.27. The van der Waals surface area contributed by atoms with Gasteiger partial charge in [-0.05, 0) is 83.1 Å². The van der Waals surface area contributed by atoms with Gasteiger partial charge < -0.3 is 30.5 Å². The Kier molecular flexibility index (Phi) is 12.4. The lowest BCUT2D eigenvalue weighted by Crippen LogP contribution is -2.60. The van der Waals surface area contributed by atoms with Crippen molar-refractivity contribution in [3.05, 3.63) is 69.7 Å². The average Bonchev–Trinajstić information content (AvgIpc) is 3.02. The Morgan fingerprint density at radius 2 is 1.70 bits per heavy atom. The SMILES string of the molecule is CCNC(=O)[C@]1(Cc2ccccc2)CCCN(C(=O)[C@H](Cc2ccc(Cl)c(Cl)c2)NC(=O)N[C@@H]2CCCN(C(=O)OC(C)(C)C)C2)C1. The summed E-state index contributed by atoms with van der Waals surface area (Å²) in [5.41, 5.74) is 0.306. The first-order chi connectivity index (χ1) is 22.3. The summed E-state index contributed by atoms with van der Waals surface area (Å²) in [5, 5.41) is 9.60. The highest BCUT2D eigenvalue weighted by Crippen LogP contribution is 2.35. The summed E-state index contributed by atoms with van der Waals surface area (Å²) < 4.78 is 5.52. The van der Waals surface area contributed by atoms with Crippen molar-refractivity contribution >= 4 is 47.1 Å². The van der Waals surface area contributed by atoms with Crippen LogP contribution in [0.5, 0.6) is 0 Å². The van der Waals surface area contributed by atoms with Crippen LogP contribution in [-0.2, 0) is 27.2 Å². The number of piperidine rings is 2. The number of hydrogen-bond donors (Lipinski definition) is 3. The molecule has 0 radical (unpaired) electrons. The molecular formula is C35H47Cl2N5O5. The van der Waals surface area contributed by atoms with Crippen LogP contribution in [0.25, 0.3) is 0 Å². The summed E-state index contributed by atoms with van der Waals surface area (Å²) in [4.78, 5) is 57.3. The summed E-state index contributed by atoms with van der Waals surface area (Å²) in [6.07, 6.45) is 2.90. The fourth-order valence-corrected chi connectivity index (χ4v) is 6.68. The van der Waals surface area contributed by atoms with Gasteiger partial charge in [0.2, 0.25) is 11.8 Å². The molecule has 2 aliphatic heterocycles. The van der Waals surface area contributed by atoms with Crippen molar-refractivity contribution in [3.63, 3.8) is 0 Å². The first-order valence-corrected chi connectivity index (χ1v) is 17.1. The zero-order valence-corrected chi connectivity index (χ0v) is 29.3. The molecule has 10 nitrogen and oxygen atoms in total. The number of urea groups is 1. The van der Waals surface area contributed by atoms with Crippen LogP contribution in [0.3, 0.4) is 0 Å². The van der Waals surface area contributed by atoms with E-state index in [0.29, 0.717) is 68.3 Å². The smallest absolute Gasteiger partial charge is 0.410 e. The summed E-state index contributed by atoms with van der Waals surface area (Å²) in [6.45, 7) is 9.33. The van der Waals surface area contributed by atoms with Crippen LogP contribution < -0.4 is 16.0 Å². The zero-order chi connectivity index (χ0) is 34.2. The van der Waals surface area contributed by atoms with Gasteiger partial charge in [0.1, 0.15) is 11.6 Å². The largest absolute Gasteiger partial charge is 0.444 e. The van der Waals surface area contributed by atoms with E-state index >= 15 is 0 Å². The van der Waals surface area contributed by atoms with Crippen LogP contribution >= 0.6 is 23.2 Å². The molecule has 2 aliphatic rings. The third kappa shape index (κ3) is 10.2. The second-order valence-electron chi connectivity index (χ2n) is 13.6. The van der Waals surface area contributed by atoms with Crippen LogP contribution in [0.4, 0.5) is 9.59 Å². The van der Waals surface area contributed by atoms with Gasteiger partial charge in [0.25, 0.3) is 0 Å². The maximum atomic E-state index is 14.3. The molecule has 3 N–H and O–H groups in total. The highest BCUT2D eigenvalue weighted by atomic mass is 35.5. The molecule has 0 unspecified atom stereocenters. The van der Waals surface area contributed by atoms with Crippen molar-refractivity contribution in [1.29, 1.82) is 0 Å². The minimum absolute atomic E-state index is 0.0834. The lowest BCUT2D eigenvalue weighted by atomic mass is 9.74. The van der Waals surface area contributed by atoms with E-state index in [1.54, 1.807) is 28.0 Å². The molecular weight excluding hydrogens is 641 g/mol. The Morgan fingerprint density at radius 1 is 0.979 bits per heavy atom. The van der Waals surface area contributed by atoms with Gasteiger partial charge in [0.15, 0.2) is 0 Å². The van der Waals surface area contributed by atoms with Crippen molar-refractivity contribution in [3.8, 4) is 0 Å². The van der Waals surface area contributed by atoms with Crippen LogP contribution in [0, 0.1) is 5.41 Å². The topological polar surface area (TPSA) is 120 Å². The molecule has 2 saturated heterocycles. The van der Waals surface area contributed by atoms with E-state index in [0.717, 1.165) is 11.1 Å². The molecule has 0 saturated carbocycles. The van der Waals surface area contributed by atoms with Crippen LogP contribution in [0.15, 0.2) is 48.5 Å². The molecule has 0 aliphatic carbocycles. The Labute approximate surface area is 287 Å². The van der Waals surface area contributed by atoms with Crippen molar-refractivity contribution in [2.45, 2.75) is 83.9 Å². The molecule has 256 valence electrons. The molecule has 0 bridgehead atoms. The van der Waals surface area contributed by atoms with Crippen molar-refractivity contribution in [2.75, 3.05) is 32.7 Å². The number of hydrogen-bond acceptors (Lipinski definition) is 5. The molecule has 12 heteroatoms. The van der Waals surface area contributed by atoms with E-state index in [1.165, 1.54) is 0 Å². The van der Waals surface area contributed by atoms with Gasteiger partial charge >= 0.3 is 12.1 Å². The van der Waals surface area contributed by atoms with Crippen molar-refractivity contribution in [1.82, 2.24) is 25.8 Å². The highest BCUT2D eigenvalue weighted by molar-refractivity contribution is 6.42. The second kappa shape index (κ2) is 16.1. The monoisotopic (exact) mass is 687 g/mol.